The zero-order valence-electron chi connectivity index (χ0n) is 10.5. The van der Waals surface area contributed by atoms with E-state index in [0.717, 1.165) is 21.5 Å². The summed E-state index contributed by atoms with van der Waals surface area (Å²) in [5, 5.41) is 15.0. The monoisotopic (exact) mass is 317 g/mol. The molecule has 1 aromatic heterocycles. The molecule has 96 valence electrons. The number of anilines is 3. The van der Waals surface area contributed by atoms with Crippen molar-refractivity contribution in [3.63, 3.8) is 0 Å². The van der Waals surface area contributed by atoms with E-state index in [1.54, 1.807) is 25.4 Å². The van der Waals surface area contributed by atoms with Gasteiger partial charge in [-0.05, 0) is 41.1 Å². The molecule has 0 aliphatic heterocycles. The first-order valence-electron chi connectivity index (χ1n) is 5.62. The number of hydrogen-bond acceptors (Lipinski definition) is 5. The van der Waals surface area contributed by atoms with Gasteiger partial charge in [0.1, 0.15) is 5.82 Å². The Balaban J connectivity index is 2.33. The molecule has 0 atom stereocenters. The molecule has 5 nitrogen and oxygen atoms in total. The summed E-state index contributed by atoms with van der Waals surface area (Å²) in [7, 11) is 1.77. The highest BCUT2D eigenvalue weighted by atomic mass is 79.9. The zero-order chi connectivity index (χ0) is 13.8. The van der Waals surface area contributed by atoms with E-state index in [-0.39, 0.29) is 0 Å². The van der Waals surface area contributed by atoms with Gasteiger partial charge in [0.25, 0.3) is 0 Å². The summed E-state index contributed by atoms with van der Waals surface area (Å²) in [5.41, 5.74) is 2.39. The van der Waals surface area contributed by atoms with E-state index >= 15 is 0 Å². The van der Waals surface area contributed by atoms with Crippen LogP contribution in [0.5, 0.6) is 0 Å². The minimum absolute atomic E-state index is 0.554. The van der Waals surface area contributed by atoms with Crippen LogP contribution >= 0.6 is 15.9 Å². The number of hydrogen-bond donors (Lipinski definition) is 2. The van der Waals surface area contributed by atoms with Crippen molar-refractivity contribution in [2.75, 3.05) is 17.7 Å². The normalized spacial score (nSPS) is 9.79. The van der Waals surface area contributed by atoms with E-state index in [2.05, 4.69) is 42.6 Å². The summed E-state index contributed by atoms with van der Waals surface area (Å²) in [4.78, 5) is 8.48. The molecule has 0 spiro atoms. The maximum atomic E-state index is 8.83. The standard InChI is InChI=1S/C13H12BrN5/c1-8-7-17-13(16-2)19-12(8)18-11-4-3-9(6-15)5-10(11)14/h3-5,7H,1-2H3,(H2,16,17,18,19). The molecule has 2 rings (SSSR count). The van der Waals surface area contributed by atoms with E-state index < -0.39 is 0 Å². The zero-order valence-corrected chi connectivity index (χ0v) is 12.1. The number of nitrogens with one attached hydrogen (secondary N) is 2. The van der Waals surface area contributed by atoms with Gasteiger partial charge in [0.2, 0.25) is 5.95 Å². The summed E-state index contributed by atoms with van der Waals surface area (Å²) in [5.74, 6) is 1.28. The fourth-order valence-corrected chi connectivity index (χ4v) is 1.98. The maximum absolute atomic E-state index is 8.83. The summed E-state index contributed by atoms with van der Waals surface area (Å²) in [6.45, 7) is 1.93. The van der Waals surface area contributed by atoms with Gasteiger partial charge >= 0.3 is 0 Å². The summed E-state index contributed by atoms with van der Waals surface area (Å²) < 4.78 is 0.815. The summed E-state index contributed by atoms with van der Waals surface area (Å²) >= 11 is 3.43. The van der Waals surface area contributed by atoms with Crippen molar-refractivity contribution in [1.82, 2.24) is 9.97 Å². The van der Waals surface area contributed by atoms with Crippen LogP contribution in [0.3, 0.4) is 0 Å². The first kappa shape index (κ1) is 13.3. The third-order valence-corrected chi connectivity index (χ3v) is 3.20. The van der Waals surface area contributed by atoms with Crippen molar-refractivity contribution in [3.05, 3.63) is 40.0 Å². The molecule has 0 fully saturated rings. The third-order valence-electron chi connectivity index (χ3n) is 2.55. The maximum Gasteiger partial charge on any atom is 0.224 e. The Morgan fingerprint density at radius 1 is 1.37 bits per heavy atom. The van der Waals surface area contributed by atoms with Gasteiger partial charge in [-0.3, -0.25) is 0 Å². The Labute approximate surface area is 119 Å². The van der Waals surface area contributed by atoms with Crippen LogP contribution in [0.2, 0.25) is 0 Å². The number of benzene rings is 1. The van der Waals surface area contributed by atoms with Crippen molar-refractivity contribution in [2.45, 2.75) is 6.92 Å². The van der Waals surface area contributed by atoms with Gasteiger partial charge < -0.3 is 10.6 Å². The predicted octanol–water partition coefficient (Wildman–Crippen LogP) is 3.20. The van der Waals surface area contributed by atoms with E-state index in [0.29, 0.717) is 11.5 Å². The largest absolute Gasteiger partial charge is 0.357 e. The highest BCUT2D eigenvalue weighted by Gasteiger charge is 2.06. The first-order chi connectivity index (χ1) is 9.13. The quantitative estimate of drug-likeness (QED) is 0.909. The molecule has 2 aromatic rings. The Kier molecular flexibility index (Phi) is 3.97. The average molecular weight is 318 g/mol. The van der Waals surface area contributed by atoms with Crippen molar-refractivity contribution in [2.24, 2.45) is 0 Å². The van der Waals surface area contributed by atoms with Gasteiger partial charge in [-0.2, -0.15) is 10.2 Å². The number of nitriles is 1. The van der Waals surface area contributed by atoms with Crippen molar-refractivity contribution < 1.29 is 0 Å². The van der Waals surface area contributed by atoms with Crippen LogP contribution in [-0.2, 0) is 0 Å². The molecular formula is C13H12BrN5. The lowest BCUT2D eigenvalue weighted by Gasteiger charge is -2.11. The molecule has 0 aliphatic rings. The van der Waals surface area contributed by atoms with Crippen molar-refractivity contribution in [3.8, 4) is 6.07 Å². The number of nitrogens with zero attached hydrogens (tertiary/aromatic N) is 3. The molecule has 0 aliphatic carbocycles. The van der Waals surface area contributed by atoms with Crippen LogP contribution in [0.25, 0.3) is 0 Å². The van der Waals surface area contributed by atoms with Gasteiger partial charge in [0.15, 0.2) is 0 Å². The Morgan fingerprint density at radius 2 is 2.16 bits per heavy atom. The van der Waals surface area contributed by atoms with Crippen molar-refractivity contribution >= 4 is 33.4 Å². The fourth-order valence-electron chi connectivity index (χ4n) is 1.50. The second-order valence-electron chi connectivity index (χ2n) is 3.91. The topological polar surface area (TPSA) is 73.6 Å². The third kappa shape index (κ3) is 3.01. The molecular weight excluding hydrogens is 306 g/mol. The van der Waals surface area contributed by atoms with Gasteiger partial charge in [-0.25, -0.2) is 4.98 Å². The van der Waals surface area contributed by atoms with Crippen LogP contribution in [0.1, 0.15) is 11.1 Å². The molecule has 6 heteroatoms. The van der Waals surface area contributed by atoms with E-state index in [1.165, 1.54) is 0 Å². The minimum atomic E-state index is 0.554. The lowest BCUT2D eigenvalue weighted by atomic mass is 10.2. The highest BCUT2D eigenvalue weighted by molar-refractivity contribution is 9.10. The summed E-state index contributed by atoms with van der Waals surface area (Å²) in [6.07, 6.45) is 1.75. The number of aryl methyl sites for hydroxylation is 1. The van der Waals surface area contributed by atoms with Crippen LogP contribution in [0.4, 0.5) is 17.5 Å². The molecule has 0 unspecified atom stereocenters. The Hall–Kier alpha value is -2.13. The molecule has 0 saturated carbocycles. The highest BCUT2D eigenvalue weighted by Crippen LogP contribution is 2.27. The molecule has 2 N–H and O–H groups in total. The number of halogens is 1. The molecule has 1 aromatic carbocycles. The molecule has 0 amide bonds. The SMILES string of the molecule is CNc1ncc(C)c(Nc2ccc(C#N)cc2Br)n1. The smallest absolute Gasteiger partial charge is 0.224 e. The average Bonchev–Trinajstić information content (AvgIpc) is 2.43. The van der Waals surface area contributed by atoms with Gasteiger partial charge in [0.05, 0.1) is 17.3 Å². The van der Waals surface area contributed by atoms with E-state index in [4.69, 9.17) is 5.26 Å². The second-order valence-corrected chi connectivity index (χ2v) is 4.76. The van der Waals surface area contributed by atoms with Crippen LogP contribution in [0.15, 0.2) is 28.9 Å². The van der Waals surface area contributed by atoms with Gasteiger partial charge in [0, 0.05) is 23.3 Å². The second kappa shape index (κ2) is 5.67. The molecule has 0 radical (unpaired) electrons. The minimum Gasteiger partial charge on any atom is -0.357 e. The van der Waals surface area contributed by atoms with Crippen molar-refractivity contribution in [1.29, 1.82) is 5.26 Å². The number of rotatable bonds is 3. The van der Waals surface area contributed by atoms with Crippen LogP contribution in [0, 0.1) is 18.3 Å². The predicted molar refractivity (Wildman–Crippen MR) is 78.5 cm³/mol. The summed E-state index contributed by atoms with van der Waals surface area (Å²) in [6, 6.07) is 7.45. The first-order valence-corrected chi connectivity index (χ1v) is 6.41. The number of aromatic nitrogens is 2. The van der Waals surface area contributed by atoms with E-state index in [9.17, 15) is 0 Å². The Morgan fingerprint density at radius 3 is 2.79 bits per heavy atom. The molecule has 0 bridgehead atoms. The van der Waals surface area contributed by atoms with Gasteiger partial charge in [-0.15, -0.1) is 0 Å². The Bertz CT molecular complexity index is 648. The lowest BCUT2D eigenvalue weighted by molar-refractivity contribution is 1.12. The molecule has 1 heterocycles. The van der Waals surface area contributed by atoms with Crippen LogP contribution < -0.4 is 10.6 Å². The van der Waals surface area contributed by atoms with Gasteiger partial charge in [-0.1, -0.05) is 0 Å². The van der Waals surface area contributed by atoms with Crippen LogP contribution in [-0.4, -0.2) is 17.0 Å². The fraction of sp³-hybridized carbons (Fsp3) is 0.154. The molecule has 0 saturated heterocycles. The molecule has 19 heavy (non-hydrogen) atoms. The van der Waals surface area contributed by atoms with E-state index in [1.807, 2.05) is 13.0 Å². The lowest BCUT2D eigenvalue weighted by Crippen LogP contribution is -2.02.